The first-order chi connectivity index (χ1) is 9.34. The molecule has 5 nitrogen and oxygen atoms in total. The second kappa shape index (κ2) is 5.59. The van der Waals surface area contributed by atoms with Crippen LogP contribution < -0.4 is 0 Å². The van der Waals surface area contributed by atoms with E-state index in [0.29, 0.717) is 0 Å². The maximum atomic E-state index is 12.5. The number of aromatic nitrogens is 2. The minimum absolute atomic E-state index is 0.193. The molecular formula is C13H17N3O2S2. The van der Waals surface area contributed by atoms with E-state index in [4.69, 9.17) is 0 Å². The number of thiazole rings is 1. The fourth-order valence-corrected chi connectivity index (χ4v) is 4.18. The van der Waals surface area contributed by atoms with E-state index in [1.165, 1.54) is 10.5 Å². The first-order valence-corrected chi connectivity index (χ1v) is 8.41. The van der Waals surface area contributed by atoms with Gasteiger partial charge in [0, 0.05) is 24.3 Å². The molecule has 0 aliphatic rings. The van der Waals surface area contributed by atoms with E-state index in [0.717, 1.165) is 15.6 Å². The van der Waals surface area contributed by atoms with Gasteiger partial charge in [-0.2, -0.15) is 4.31 Å². The summed E-state index contributed by atoms with van der Waals surface area (Å²) in [6.07, 6.45) is 2.91. The number of rotatable bonds is 4. The van der Waals surface area contributed by atoms with E-state index in [2.05, 4.69) is 9.97 Å². The third-order valence-electron chi connectivity index (χ3n) is 3.19. The quantitative estimate of drug-likeness (QED) is 0.870. The fourth-order valence-electron chi connectivity index (χ4n) is 1.98. The van der Waals surface area contributed by atoms with Gasteiger partial charge in [0.1, 0.15) is 4.90 Å². The smallest absolute Gasteiger partial charge is 0.244 e. The Bertz CT molecular complexity index is 696. The van der Waals surface area contributed by atoms with Gasteiger partial charge in [0.2, 0.25) is 10.0 Å². The lowest BCUT2D eigenvalue weighted by molar-refractivity contribution is 0.391. The maximum absolute atomic E-state index is 12.5. The van der Waals surface area contributed by atoms with Gasteiger partial charge >= 0.3 is 0 Å². The molecule has 108 valence electrons. The van der Waals surface area contributed by atoms with Gasteiger partial charge < -0.3 is 0 Å². The van der Waals surface area contributed by atoms with Crippen molar-refractivity contribution in [2.45, 2.75) is 31.7 Å². The fraction of sp³-hybridized carbons (Fsp3) is 0.385. The molecule has 0 aromatic carbocycles. The van der Waals surface area contributed by atoms with Gasteiger partial charge in [0.25, 0.3) is 0 Å². The monoisotopic (exact) mass is 311 g/mol. The minimum atomic E-state index is -3.56. The lowest BCUT2D eigenvalue weighted by atomic mass is 10.2. The van der Waals surface area contributed by atoms with E-state index < -0.39 is 10.0 Å². The van der Waals surface area contributed by atoms with E-state index in [1.807, 2.05) is 20.8 Å². The molecule has 0 amide bonds. The lowest BCUT2D eigenvalue weighted by Crippen LogP contribution is -2.30. The average Bonchev–Trinajstić information content (AvgIpc) is 2.77. The molecule has 0 radical (unpaired) electrons. The molecule has 0 unspecified atom stereocenters. The van der Waals surface area contributed by atoms with Crippen LogP contribution in [0.4, 0.5) is 0 Å². The van der Waals surface area contributed by atoms with Crippen LogP contribution in [0.1, 0.15) is 28.5 Å². The van der Waals surface area contributed by atoms with Crippen molar-refractivity contribution in [2.75, 3.05) is 7.05 Å². The summed E-state index contributed by atoms with van der Waals surface area (Å²) in [7, 11) is -1.99. The molecule has 0 saturated carbocycles. The molecule has 0 bridgehead atoms. The number of nitrogens with zero attached hydrogens (tertiary/aromatic N) is 3. The van der Waals surface area contributed by atoms with Gasteiger partial charge in [-0.25, -0.2) is 13.4 Å². The molecule has 0 fully saturated rings. The maximum Gasteiger partial charge on any atom is 0.244 e. The normalized spacial score (nSPS) is 13.7. The highest BCUT2D eigenvalue weighted by Gasteiger charge is 2.28. The van der Waals surface area contributed by atoms with Crippen LogP contribution in [-0.4, -0.2) is 29.7 Å². The Morgan fingerprint density at radius 1 is 1.35 bits per heavy atom. The van der Waals surface area contributed by atoms with Crippen molar-refractivity contribution < 1.29 is 8.42 Å². The zero-order valence-corrected chi connectivity index (χ0v) is 13.5. The van der Waals surface area contributed by atoms with Gasteiger partial charge in [-0.1, -0.05) is 0 Å². The topological polar surface area (TPSA) is 63.2 Å². The molecular weight excluding hydrogens is 294 g/mol. The first-order valence-electron chi connectivity index (χ1n) is 6.16. The van der Waals surface area contributed by atoms with Gasteiger partial charge in [-0.05, 0) is 32.9 Å². The molecule has 1 atom stereocenters. The second-order valence-electron chi connectivity index (χ2n) is 4.56. The van der Waals surface area contributed by atoms with Crippen LogP contribution >= 0.6 is 11.3 Å². The van der Waals surface area contributed by atoms with Crippen LogP contribution in [0.3, 0.4) is 0 Å². The highest BCUT2D eigenvalue weighted by atomic mass is 32.2. The summed E-state index contributed by atoms with van der Waals surface area (Å²) in [5, 5.41) is 0.941. The molecule has 2 aromatic heterocycles. The van der Waals surface area contributed by atoms with E-state index in [-0.39, 0.29) is 10.9 Å². The van der Waals surface area contributed by atoms with Crippen molar-refractivity contribution in [3.05, 3.63) is 40.1 Å². The van der Waals surface area contributed by atoms with Crippen LogP contribution in [-0.2, 0) is 10.0 Å². The van der Waals surface area contributed by atoms with Crippen molar-refractivity contribution in [3.63, 3.8) is 0 Å². The SMILES string of the molecule is Cc1nc([C@H](C)N(C)S(=O)(=O)c2cccnc2)c(C)s1. The number of sulfonamides is 1. The largest absolute Gasteiger partial charge is 0.263 e. The van der Waals surface area contributed by atoms with Crippen LogP contribution in [0.25, 0.3) is 0 Å². The summed E-state index contributed by atoms with van der Waals surface area (Å²) in [5.74, 6) is 0. The Kier molecular flexibility index (Phi) is 4.22. The average molecular weight is 311 g/mol. The highest BCUT2D eigenvalue weighted by molar-refractivity contribution is 7.89. The van der Waals surface area contributed by atoms with Crippen LogP contribution in [0.2, 0.25) is 0 Å². The van der Waals surface area contributed by atoms with Gasteiger partial charge in [0.05, 0.1) is 16.7 Å². The molecule has 20 heavy (non-hydrogen) atoms. The zero-order valence-electron chi connectivity index (χ0n) is 11.9. The van der Waals surface area contributed by atoms with Gasteiger partial charge in [0.15, 0.2) is 0 Å². The minimum Gasteiger partial charge on any atom is -0.263 e. The summed E-state index contributed by atoms with van der Waals surface area (Å²) in [4.78, 5) is 9.54. The van der Waals surface area contributed by atoms with Crippen LogP contribution in [0.15, 0.2) is 29.4 Å². The summed E-state index contributed by atoms with van der Waals surface area (Å²) >= 11 is 1.58. The number of aryl methyl sites for hydroxylation is 2. The number of hydrogen-bond donors (Lipinski definition) is 0. The van der Waals surface area contributed by atoms with Gasteiger partial charge in [-0.3, -0.25) is 4.98 Å². The van der Waals surface area contributed by atoms with E-state index in [1.54, 1.807) is 36.7 Å². The molecule has 0 aliphatic heterocycles. The molecule has 0 N–H and O–H groups in total. The Hall–Kier alpha value is -1.31. The Morgan fingerprint density at radius 3 is 2.55 bits per heavy atom. The molecule has 7 heteroatoms. The van der Waals surface area contributed by atoms with Crippen LogP contribution in [0.5, 0.6) is 0 Å². The van der Waals surface area contributed by atoms with Crippen molar-refractivity contribution in [1.29, 1.82) is 0 Å². The van der Waals surface area contributed by atoms with Crippen molar-refractivity contribution >= 4 is 21.4 Å². The highest BCUT2D eigenvalue weighted by Crippen LogP contribution is 2.29. The third-order valence-corrected chi connectivity index (χ3v) is 6.01. The number of pyridine rings is 1. The van der Waals surface area contributed by atoms with Crippen molar-refractivity contribution in [1.82, 2.24) is 14.3 Å². The molecule has 0 spiro atoms. The molecule has 2 heterocycles. The summed E-state index contributed by atoms with van der Waals surface area (Å²) < 4.78 is 26.4. The third kappa shape index (κ3) is 2.74. The number of hydrogen-bond acceptors (Lipinski definition) is 5. The predicted molar refractivity (Wildman–Crippen MR) is 79.2 cm³/mol. The first kappa shape index (κ1) is 15.1. The Labute approximate surface area is 123 Å². The van der Waals surface area contributed by atoms with Crippen LogP contribution in [0, 0.1) is 13.8 Å². The van der Waals surface area contributed by atoms with Crippen molar-refractivity contribution in [2.24, 2.45) is 0 Å². The van der Waals surface area contributed by atoms with Crippen molar-refractivity contribution in [3.8, 4) is 0 Å². The molecule has 2 rings (SSSR count). The zero-order chi connectivity index (χ0) is 14.9. The summed E-state index contributed by atoms with van der Waals surface area (Å²) in [5.41, 5.74) is 0.808. The Balaban J connectivity index is 2.36. The van der Waals surface area contributed by atoms with Gasteiger partial charge in [-0.15, -0.1) is 11.3 Å². The summed E-state index contributed by atoms with van der Waals surface area (Å²) in [6.45, 7) is 5.72. The standard InChI is InChI=1S/C13H17N3O2S2/c1-9(13-10(2)19-11(3)15-13)16(4)20(17,18)12-6-5-7-14-8-12/h5-9H,1-4H3/t9-/m0/s1. The van der Waals surface area contributed by atoms with E-state index >= 15 is 0 Å². The molecule has 0 aliphatic carbocycles. The molecule has 0 saturated heterocycles. The predicted octanol–water partition coefficient (Wildman–Crippen LogP) is 2.54. The van der Waals surface area contributed by atoms with E-state index in [9.17, 15) is 8.42 Å². The lowest BCUT2D eigenvalue weighted by Gasteiger charge is -2.23. The second-order valence-corrected chi connectivity index (χ2v) is 7.97. The Morgan fingerprint density at radius 2 is 2.05 bits per heavy atom. The summed E-state index contributed by atoms with van der Waals surface area (Å²) in [6, 6.07) is 2.85. The molecule has 2 aromatic rings.